The van der Waals surface area contributed by atoms with Crippen molar-refractivity contribution in [3.8, 4) is 0 Å². The Morgan fingerprint density at radius 2 is 1.75 bits per heavy atom. The van der Waals surface area contributed by atoms with Crippen LogP contribution < -0.4 is 0 Å². The number of esters is 2. The van der Waals surface area contributed by atoms with Gasteiger partial charge in [-0.05, 0) is 50.1 Å². The van der Waals surface area contributed by atoms with E-state index in [0.29, 0.717) is 24.6 Å². The monoisotopic (exact) mass is 407 g/mol. The van der Waals surface area contributed by atoms with Crippen LogP contribution in [0.5, 0.6) is 0 Å². The molecular formula is C19H21NO7S. The highest BCUT2D eigenvalue weighted by molar-refractivity contribution is 7.89. The molecule has 0 N–H and O–H groups in total. The van der Waals surface area contributed by atoms with E-state index in [2.05, 4.69) is 4.74 Å². The summed E-state index contributed by atoms with van der Waals surface area (Å²) in [5.41, 5.74) is 0.488. The van der Waals surface area contributed by atoms with Gasteiger partial charge in [0, 0.05) is 13.1 Å². The fourth-order valence-electron chi connectivity index (χ4n) is 2.99. The summed E-state index contributed by atoms with van der Waals surface area (Å²) < 4.78 is 41.6. The predicted octanol–water partition coefficient (Wildman–Crippen LogP) is 2.52. The molecular weight excluding hydrogens is 386 g/mol. The summed E-state index contributed by atoms with van der Waals surface area (Å²) in [6.07, 6.45) is 1.71. The Hall–Kier alpha value is -2.65. The molecule has 0 saturated carbocycles. The van der Waals surface area contributed by atoms with Crippen molar-refractivity contribution in [2.45, 2.75) is 31.3 Å². The molecule has 1 saturated heterocycles. The number of ether oxygens (including phenoxy) is 2. The van der Waals surface area contributed by atoms with Crippen molar-refractivity contribution in [2.75, 3.05) is 20.2 Å². The molecule has 0 atom stereocenters. The van der Waals surface area contributed by atoms with Gasteiger partial charge in [-0.25, -0.2) is 18.0 Å². The standard InChI is InChI=1S/C19H21NO7S/c1-13-17(19(22)25-2)11-15(27-13)12-26-18(21)14-5-7-16(8-6-14)28(23,24)20-9-3-4-10-20/h5-8,11H,3-4,9-10,12H2,1-2H3. The van der Waals surface area contributed by atoms with Crippen molar-refractivity contribution < 1.29 is 31.9 Å². The average molecular weight is 407 g/mol. The quantitative estimate of drug-likeness (QED) is 0.678. The molecule has 0 amide bonds. The fraction of sp³-hybridized carbons (Fsp3) is 0.368. The van der Waals surface area contributed by atoms with Crippen LogP contribution in [0.3, 0.4) is 0 Å². The third kappa shape index (κ3) is 4.10. The van der Waals surface area contributed by atoms with Gasteiger partial charge in [-0.15, -0.1) is 0 Å². The lowest BCUT2D eigenvalue weighted by molar-refractivity contribution is 0.0443. The van der Waals surface area contributed by atoms with Crippen LogP contribution in [-0.4, -0.2) is 44.9 Å². The van der Waals surface area contributed by atoms with E-state index in [-0.39, 0.29) is 22.6 Å². The summed E-state index contributed by atoms with van der Waals surface area (Å²) in [5.74, 6) is -0.485. The number of benzene rings is 1. The summed E-state index contributed by atoms with van der Waals surface area (Å²) in [4.78, 5) is 23.9. The van der Waals surface area contributed by atoms with E-state index in [0.717, 1.165) is 12.8 Å². The molecule has 0 bridgehead atoms. The van der Waals surface area contributed by atoms with Gasteiger partial charge in [0.2, 0.25) is 10.0 Å². The van der Waals surface area contributed by atoms with E-state index in [9.17, 15) is 18.0 Å². The van der Waals surface area contributed by atoms with Crippen LogP contribution in [-0.2, 0) is 26.1 Å². The molecule has 9 heteroatoms. The lowest BCUT2D eigenvalue weighted by Crippen LogP contribution is -2.27. The Morgan fingerprint density at radius 1 is 1.11 bits per heavy atom. The summed E-state index contributed by atoms with van der Waals surface area (Å²) in [6.45, 7) is 2.48. The molecule has 3 rings (SSSR count). The Balaban J connectivity index is 1.64. The maximum absolute atomic E-state index is 12.5. The summed E-state index contributed by atoms with van der Waals surface area (Å²) >= 11 is 0. The van der Waals surface area contributed by atoms with Gasteiger partial charge < -0.3 is 13.9 Å². The lowest BCUT2D eigenvalue weighted by Gasteiger charge is -2.15. The van der Waals surface area contributed by atoms with Crippen LogP contribution in [0.25, 0.3) is 0 Å². The highest BCUT2D eigenvalue weighted by Crippen LogP contribution is 2.22. The maximum Gasteiger partial charge on any atom is 0.341 e. The van der Waals surface area contributed by atoms with Crippen LogP contribution in [0.4, 0.5) is 0 Å². The number of sulfonamides is 1. The van der Waals surface area contributed by atoms with Gasteiger partial charge >= 0.3 is 11.9 Å². The summed E-state index contributed by atoms with van der Waals surface area (Å²) in [7, 11) is -2.26. The van der Waals surface area contributed by atoms with Crippen LogP contribution >= 0.6 is 0 Å². The topological polar surface area (TPSA) is 103 Å². The van der Waals surface area contributed by atoms with Crippen molar-refractivity contribution in [1.82, 2.24) is 4.31 Å². The van der Waals surface area contributed by atoms with Gasteiger partial charge in [0.05, 0.1) is 17.6 Å². The first kappa shape index (κ1) is 20.1. The number of carbonyl (C=O) groups excluding carboxylic acids is 2. The smallest absolute Gasteiger partial charge is 0.341 e. The number of rotatable bonds is 6. The van der Waals surface area contributed by atoms with Crippen molar-refractivity contribution in [3.05, 3.63) is 53.0 Å². The predicted molar refractivity (Wildman–Crippen MR) is 98.3 cm³/mol. The van der Waals surface area contributed by atoms with Gasteiger partial charge in [0.15, 0.2) is 0 Å². The number of hydrogen-bond acceptors (Lipinski definition) is 7. The number of furan rings is 1. The molecule has 0 aliphatic carbocycles. The summed E-state index contributed by atoms with van der Waals surface area (Å²) in [6, 6.07) is 7.09. The second-order valence-electron chi connectivity index (χ2n) is 6.39. The van der Waals surface area contributed by atoms with E-state index in [1.165, 1.54) is 41.7 Å². The average Bonchev–Trinajstić information content (AvgIpc) is 3.36. The van der Waals surface area contributed by atoms with Crippen LogP contribution in [0.2, 0.25) is 0 Å². The minimum Gasteiger partial charge on any atom is -0.465 e. The fourth-order valence-corrected chi connectivity index (χ4v) is 4.51. The van der Waals surface area contributed by atoms with E-state index >= 15 is 0 Å². The van der Waals surface area contributed by atoms with Crippen LogP contribution in [0, 0.1) is 6.92 Å². The molecule has 1 aliphatic heterocycles. The Kier molecular flexibility index (Phi) is 5.85. The van der Waals surface area contributed by atoms with Crippen molar-refractivity contribution in [1.29, 1.82) is 0 Å². The molecule has 1 aliphatic rings. The zero-order valence-corrected chi connectivity index (χ0v) is 16.5. The van der Waals surface area contributed by atoms with E-state index in [1.807, 2.05) is 0 Å². The molecule has 0 radical (unpaired) electrons. The highest BCUT2D eigenvalue weighted by atomic mass is 32.2. The van der Waals surface area contributed by atoms with Gasteiger partial charge in [-0.2, -0.15) is 4.31 Å². The molecule has 1 aromatic heterocycles. The Labute approximate surface area is 163 Å². The highest BCUT2D eigenvalue weighted by Gasteiger charge is 2.27. The van der Waals surface area contributed by atoms with E-state index in [1.54, 1.807) is 6.92 Å². The molecule has 2 aromatic rings. The van der Waals surface area contributed by atoms with E-state index in [4.69, 9.17) is 9.15 Å². The molecule has 1 aromatic carbocycles. The second kappa shape index (κ2) is 8.15. The first-order valence-electron chi connectivity index (χ1n) is 8.78. The number of carbonyl (C=O) groups is 2. The maximum atomic E-state index is 12.5. The normalized spacial score (nSPS) is 14.8. The van der Waals surface area contributed by atoms with Gasteiger partial charge in [-0.3, -0.25) is 0 Å². The number of nitrogens with zero attached hydrogens (tertiary/aromatic N) is 1. The van der Waals surface area contributed by atoms with Gasteiger partial charge in [0.25, 0.3) is 0 Å². The summed E-state index contributed by atoms with van der Waals surface area (Å²) in [5, 5.41) is 0. The van der Waals surface area contributed by atoms with Crippen LogP contribution in [0.15, 0.2) is 39.6 Å². The van der Waals surface area contributed by atoms with Gasteiger partial charge in [0.1, 0.15) is 23.7 Å². The zero-order valence-electron chi connectivity index (χ0n) is 15.6. The van der Waals surface area contributed by atoms with Crippen molar-refractivity contribution in [2.24, 2.45) is 0 Å². The number of aryl methyl sites for hydroxylation is 1. The molecule has 150 valence electrons. The third-order valence-electron chi connectivity index (χ3n) is 4.51. The minimum atomic E-state index is -3.53. The van der Waals surface area contributed by atoms with E-state index < -0.39 is 22.0 Å². The third-order valence-corrected chi connectivity index (χ3v) is 6.43. The van der Waals surface area contributed by atoms with Crippen LogP contribution in [0.1, 0.15) is 45.1 Å². The Morgan fingerprint density at radius 3 is 2.36 bits per heavy atom. The Bertz CT molecular complexity index is 970. The second-order valence-corrected chi connectivity index (χ2v) is 8.32. The minimum absolute atomic E-state index is 0.148. The SMILES string of the molecule is COC(=O)c1cc(COC(=O)c2ccc(S(=O)(=O)N3CCCC3)cc2)oc1C. The first-order chi connectivity index (χ1) is 13.3. The van der Waals surface area contributed by atoms with Crippen molar-refractivity contribution >= 4 is 22.0 Å². The zero-order chi connectivity index (χ0) is 20.3. The lowest BCUT2D eigenvalue weighted by atomic mass is 10.2. The molecule has 0 spiro atoms. The molecule has 1 fully saturated rings. The molecule has 2 heterocycles. The largest absolute Gasteiger partial charge is 0.465 e. The number of methoxy groups -OCH3 is 1. The van der Waals surface area contributed by atoms with Crippen molar-refractivity contribution in [3.63, 3.8) is 0 Å². The number of hydrogen-bond donors (Lipinski definition) is 0. The first-order valence-corrected chi connectivity index (χ1v) is 10.2. The molecule has 0 unspecified atom stereocenters. The molecule has 28 heavy (non-hydrogen) atoms. The molecule has 8 nitrogen and oxygen atoms in total. The van der Waals surface area contributed by atoms with Gasteiger partial charge in [-0.1, -0.05) is 0 Å².